The average molecular weight is 558 g/mol. The van der Waals surface area contributed by atoms with Crippen molar-refractivity contribution in [3.05, 3.63) is 77.9 Å². The highest BCUT2D eigenvalue weighted by Crippen LogP contribution is 2.37. The second kappa shape index (κ2) is 14.5. The highest BCUT2D eigenvalue weighted by molar-refractivity contribution is 5.59. The molecule has 0 saturated carbocycles. The number of rotatable bonds is 12. The zero-order valence-electron chi connectivity index (χ0n) is 25.1. The summed E-state index contributed by atoms with van der Waals surface area (Å²) in [5, 5.41) is 3.82. The van der Waals surface area contributed by atoms with E-state index in [4.69, 9.17) is 14.2 Å². The summed E-state index contributed by atoms with van der Waals surface area (Å²) in [6.45, 7) is 8.47. The largest absolute Gasteiger partial charge is 0.497 e. The number of methoxy groups -OCH3 is 2. The van der Waals surface area contributed by atoms with Crippen LogP contribution in [0.15, 0.2) is 66.7 Å². The van der Waals surface area contributed by atoms with Crippen molar-refractivity contribution < 1.29 is 14.2 Å². The number of hydrogen-bond donors (Lipinski definition) is 1. The highest BCUT2D eigenvalue weighted by Gasteiger charge is 2.27. The average Bonchev–Trinajstić information content (AvgIpc) is 3.35. The maximum atomic E-state index is 6.07. The van der Waals surface area contributed by atoms with Crippen molar-refractivity contribution >= 4 is 11.4 Å². The zero-order valence-corrected chi connectivity index (χ0v) is 25.1. The molecule has 2 heterocycles. The van der Waals surface area contributed by atoms with Crippen LogP contribution in [0, 0.1) is 0 Å². The van der Waals surface area contributed by atoms with Gasteiger partial charge in [0.25, 0.3) is 0 Å². The molecule has 1 N–H and O–H groups in total. The third-order valence-corrected chi connectivity index (χ3v) is 8.55. The quantitative estimate of drug-likeness (QED) is 0.259. The van der Waals surface area contributed by atoms with Gasteiger partial charge in [-0.1, -0.05) is 37.1 Å². The first-order valence-corrected chi connectivity index (χ1v) is 15.4. The summed E-state index contributed by atoms with van der Waals surface area (Å²) in [6.07, 6.45) is 7.43. The van der Waals surface area contributed by atoms with Gasteiger partial charge in [-0.25, -0.2) is 0 Å². The first kappa shape index (κ1) is 29.1. The van der Waals surface area contributed by atoms with Crippen LogP contribution in [0.1, 0.15) is 56.1 Å². The van der Waals surface area contributed by atoms with Gasteiger partial charge in [-0.2, -0.15) is 0 Å². The molecule has 220 valence electrons. The fourth-order valence-electron chi connectivity index (χ4n) is 6.24. The zero-order chi connectivity index (χ0) is 28.4. The van der Waals surface area contributed by atoms with E-state index in [0.717, 1.165) is 56.3 Å². The van der Waals surface area contributed by atoms with Gasteiger partial charge in [0.15, 0.2) is 0 Å². The lowest BCUT2D eigenvalue weighted by Gasteiger charge is -2.23. The van der Waals surface area contributed by atoms with Gasteiger partial charge in [0.1, 0.15) is 23.9 Å². The summed E-state index contributed by atoms with van der Waals surface area (Å²) in [5.41, 5.74) is 5.05. The van der Waals surface area contributed by atoms with Crippen molar-refractivity contribution in [2.75, 3.05) is 63.8 Å². The third kappa shape index (κ3) is 8.10. The summed E-state index contributed by atoms with van der Waals surface area (Å²) in [5.74, 6) is 3.19. The summed E-state index contributed by atoms with van der Waals surface area (Å²) in [7, 11) is 3.46. The molecule has 2 saturated heterocycles. The van der Waals surface area contributed by atoms with Gasteiger partial charge in [0.05, 0.1) is 14.2 Å². The third-order valence-electron chi connectivity index (χ3n) is 8.55. The predicted molar refractivity (Wildman–Crippen MR) is 169 cm³/mol. The maximum Gasteiger partial charge on any atom is 0.120 e. The Labute approximate surface area is 246 Å². The molecule has 3 aromatic rings. The van der Waals surface area contributed by atoms with Crippen molar-refractivity contribution in [1.82, 2.24) is 4.90 Å². The van der Waals surface area contributed by atoms with E-state index in [0.29, 0.717) is 5.92 Å². The van der Waals surface area contributed by atoms with Crippen molar-refractivity contribution in [3.8, 4) is 17.2 Å². The molecule has 0 spiro atoms. The van der Waals surface area contributed by atoms with Gasteiger partial charge in [-0.05, 0) is 87.2 Å². The second-order valence-corrected chi connectivity index (χ2v) is 11.6. The minimum Gasteiger partial charge on any atom is -0.497 e. The number of nitrogens with one attached hydrogen (secondary N) is 1. The van der Waals surface area contributed by atoms with Gasteiger partial charge in [-0.15, -0.1) is 0 Å². The lowest BCUT2D eigenvalue weighted by molar-refractivity contribution is 0.214. The van der Waals surface area contributed by atoms with Crippen molar-refractivity contribution in [2.45, 2.75) is 57.4 Å². The molecule has 2 atom stereocenters. The summed E-state index contributed by atoms with van der Waals surface area (Å²) < 4.78 is 17.1. The lowest BCUT2D eigenvalue weighted by atomic mass is 9.95. The Hall–Kier alpha value is -3.38. The molecular formula is C35H47N3O3. The Morgan fingerprint density at radius 2 is 1.56 bits per heavy atom. The van der Waals surface area contributed by atoms with Gasteiger partial charge >= 0.3 is 0 Å². The number of ether oxygens (including phenoxy) is 3. The molecule has 2 aliphatic heterocycles. The standard InChI is InChI=1S/C35H47N3O3/c1-27(23-28-11-13-31(14-12-28)41-22-21-37-18-6-4-5-7-19-37)36-35-25-33(40-3)15-16-34(35)29-17-20-38(26-29)30-9-8-10-32(24-30)39-2/h8-16,24-25,27,29,36H,4-7,17-23,26H2,1-3H3. The van der Waals surface area contributed by atoms with Crippen LogP contribution in [0.2, 0.25) is 0 Å². The predicted octanol–water partition coefficient (Wildman–Crippen LogP) is 7.00. The van der Waals surface area contributed by atoms with E-state index in [1.165, 1.54) is 61.3 Å². The Morgan fingerprint density at radius 1 is 0.829 bits per heavy atom. The molecule has 0 aromatic heterocycles. The van der Waals surface area contributed by atoms with E-state index in [1.807, 2.05) is 6.07 Å². The Kier molecular flexibility index (Phi) is 10.3. The van der Waals surface area contributed by atoms with Crippen LogP contribution in [0.5, 0.6) is 17.2 Å². The van der Waals surface area contributed by atoms with Gasteiger partial charge < -0.3 is 24.4 Å². The molecule has 0 radical (unpaired) electrons. The van der Waals surface area contributed by atoms with Crippen LogP contribution in [0.25, 0.3) is 0 Å². The number of likely N-dealkylation sites (tertiary alicyclic amines) is 1. The molecule has 41 heavy (non-hydrogen) atoms. The molecule has 6 nitrogen and oxygen atoms in total. The summed E-state index contributed by atoms with van der Waals surface area (Å²) in [6, 6.07) is 23.8. The molecule has 0 amide bonds. The SMILES string of the molecule is COc1cccc(N2CCC(c3ccc(OC)cc3NC(C)Cc3ccc(OCCN4CCCCCC4)cc3)C2)c1. The molecule has 3 aromatic carbocycles. The van der Waals surface area contributed by atoms with E-state index in [1.54, 1.807) is 14.2 Å². The Balaban J connectivity index is 1.17. The van der Waals surface area contributed by atoms with Gasteiger partial charge in [0, 0.05) is 55.1 Å². The van der Waals surface area contributed by atoms with Crippen molar-refractivity contribution in [3.63, 3.8) is 0 Å². The van der Waals surface area contributed by atoms with Crippen LogP contribution >= 0.6 is 0 Å². The van der Waals surface area contributed by atoms with Crippen LogP contribution in [0.3, 0.4) is 0 Å². The van der Waals surface area contributed by atoms with Gasteiger partial charge in [0.2, 0.25) is 0 Å². The first-order chi connectivity index (χ1) is 20.1. The summed E-state index contributed by atoms with van der Waals surface area (Å²) >= 11 is 0. The fraction of sp³-hybridized carbons (Fsp3) is 0.486. The van der Waals surface area contributed by atoms with E-state index < -0.39 is 0 Å². The lowest BCUT2D eigenvalue weighted by Crippen LogP contribution is -2.29. The normalized spacial score (nSPS) is 18.5. The van der Waals surface area contributed by atoms with E-state index in [-0.39, 0.29) is 6.04 Å². The molecule has 5 rings (SSSR count). The Bertz CT molecular complexity index is 1220. The Morgan fingerprint density at radius 3 is 2.32 bits per heavy atom. The minimum absolute atomic E-state index is 0.270. The van der Waals surface area contributed by atoms with Crippen LogP contribution in [-0.2, 0) is 6.42 Å². The molecule has 0 aliphatic carbocycles. The van der Waals surface area contributed by atoms with E-state index in [2.05, 4.69) is 82.7 Å². The minimum atomic E-state index is 0.270. The maximum absolute atomic E-state index is 6.07. The van der Waals surface area contributed by atoms with E-state index in [9.17, 15) is 0 Å². The highest BCUT2D eigenvalue weighted by atomic mass is 16.5. The fourth-order valence-corrected chi connectivity index (χ4v) is 6.24. The molecule has 6 heteroatoms. The summed E-state index contributed by atoms with van der Waals surface area (Å²) in [4.78, 5) is 5.01. The molecule has 2 fully saturated rings. The first-order valence-electron chi connectivity index (χ1n) is 15.4. The number of nitrogens with zero attached hydrogens (tertiary/aromatic N) is 2. The second-order valence-electron chi connectivity index (χ2n) is 11.6. The monoisotopic (exact) mass is 557 g/mol. The van der Waals surface area contributed by atoms with Crippen LogP contribution in [-0.4, -0.2) is 64.5 Å². The number of hydrogen-bond acceptors (Lipinski definition) is 6. The van der Waals surface area contributed by atoms with Crippen LogP contribution in [0.4, 0.5) is 11.4 Å². The van der Waals surface area contributed by atoms with Gasteiger partial charge in [-0.3, -0.25) is 4.90 Å². The number of anilines is 2. The smallest absolute Gasteiger partial charge is 0.120 e. The molecule has 2 unspecified atom stereocenters. The topological polar surface area (TPSA) is 46.2 Å². The number of benzene rings is 3. The van der Waals surface area contributed by atoms with Crippen molar-refractivity contribution in [2.24, 2.45) is 0 Å². The molecule has 0 bridgehead atoms. The van der Waals surface area contributed by atoms with Crippen molar-refractivity contribution in [1.29, 1.82) is 0 Å². The van der Waals surface area contributed by atoms with E-state index >= 15 is 0 Å². The molecular weight excluding hydrogens is 510 g/mol. The molecule has 2 aliphatic rings. The van der Waals surface area contributed by atoms with Crippen LogP contribution < -0.4 is 24.4 Å².